The van der Waals surface area contributed by atoms with Crippen molar-refractivity contribution in [1.82, 2.24) is 5.32 Å². The number of rotatable bonds is 3. The Hall–Kier alpha value is -1.80. The van der Waals surface area contributed by atoms with Gasteiger partial charge in [-0.25, -0.2) is 13.6 Å². The van der Waals surface area contributed by atoms with Crippen LogP contribution in [0.4, 0.5) is 11.4 Å². The Kier molecular flexibility index (Phi) is 4.38. The molecule has 0 spiro atoms. The van der Waals surface area contributed by atoms with E-state index in [1.165, 1.54) is 6.07 Å². The van der Waals surface area contributed by atoms with Gasteiger partial charge in [0.25, 0.3) is 0 Å². The van der Waals surface area contributed by atoms with Crippen LogP contribution in [0.5, 0.6) is 0 Å². The maximum absolute atomic E-state index is 11.7. The molecule has 5 N–H and O–H groups in total. The third kappa shape index (κ3) is 3.45. The largest absolute Gasteiger partial charge is 0.398 e. The molecule has 1 heterocycles. The molecule has 1 aliphatic heterocycles. The predicted octanol–water partition coefficient (Wildman–Crippen LogP) is -0.121. The van der Waals surface area contributed by atoms with Crippen LogP contribution in [-0.2, 0) is 14.8 Å². The summed E-state index contributed by atoms with van der Waals surface area (Å²) in [6, 6.07) is 4.66. The summed E-state index contributed by atoms with van der Waals surface area (Å²) >= 11 is 0. The lowest BCUT2D eigenvalue weighted by Crippen LogP contribution is -2.42. The molecule has 1 aromatic carbocycles. The standard InChI is InChI=1S/C13H20N4O3S/c1-16-13(18)9-3-2-6-17(8-9)10-4-5-12(11(14)7-10)21(15,19)20/h4-5,7,9H,2-3,6,8,14H2,1H3,(H,16,18)(H2,15,19,20). The van der Waals surface area contributed by atoms with E-state index in [9.17, 15) is 13.2 Å². The van der Waals surface area contributed by atoms with E-state index in [1.807, 2.05) is 4.90 Å². The van der Waals surface area contributed by atoms with Crippen molar-refractivity contribution < 1.29 is 13.2 Å². The van der Waals surface area contributed by atoms with Gasteiger partial charge in [-0.05, 0) is 31.0 Å². The first-order valence-corrected chi connectivity index (χ1v) is 8.26. The van der Waals surface area contributed by atoms with Crippen molar-refractivity contribution in [2.24, 2.45) is 11.1 Å². The number of carbonyl (C=O) groups excluding carboxylic acids is 1. The fourth-order valence-electron chi connectivity index (χ4n) is 2.62. The van der Waals surface area contributed by atoms with Gasteiger partial charge in [-0.1, -0.05) is 0 Å². The van der Waals surface area contributed by atoms with Gasteiger partial charge < -0.3 is 16.0 Å². The van der Waals surface area contributed by atoms with Crippen molar-refractivity contribution in [1.29, 1.82) is 0 Å². The second kappa shape index (κ2) is 5.90. The van der Waals surface area contributed by atoms with Crippen LogP contribution in [0.1, 0.15) is 12.8 Å². The molecule has 1 atom stereocenters. The number of piperidine rings is 1. The Morgan fingerprint density at radius 1 is 1.43 bits per heavy atom. The number of sulfonamides is 1. The Labute approximate surface area is 124 Å². The predicted molar refractivity (Wildman–Crippen MR) is 81.2 cm³/mol. The molecule has 1 aromatic rings. The third-order valence-electron chi connectivity index (χ3n) is 3.70. The van der Waals surface area contributed by atoms with E-state index in [2.05, 4.69) is 5.32 Å². The summed E-state index contributed by atoms with van der Waals surface area (Å²) in [6.07, 6.45) is 1.75. The van der Waals surface area contributed by atoms with Gasteiger partial charge in [-0.3, -0.25) is 4.79 Å². The van der Waals surface area contributed by atoms with Crippen LogP contribution in [0, 0.1) is 5.92 Å². The van der Waals surface area contributed by atoms with Crippen molar-refractivity contribution in [3.05, 3.63) is 18.2 Å². The molecule has 1 fully saturated rings. The second-order valence-corrected chi connectivity index (χ2v) is 6.70. The van der Waals surface area contributed by atoms with E-state index in [0.717, 1.165) is 25.1 Å². The van der Waals surface area contributed by atoms with E-state index in [4.69, 9.17) is 10.9 Å². The summed E-state index contributed by atoms with van der Waals surface area (Å²) in [4.78, 5) is 13.7. The molecule has 1 unspecified atom stereocenters. The molecule has 1 amide bonds. The van der Waals surface area contributed by atoms with Crippen molar-refractivity contribution in [2.75, 3.05) is 30.8 Å². The molecule has 7 nitrogen and oxygen atoms in total. The van der Waals surface area contributed by atoms with Crippen LogP contribution in [0.2, 0.25) is 0 Å². The highest BCUT2D eigenvalue weighted by Gasteiger charge is 2.25. The Balaban J connectivity index is 2.22. The fourth-order valence-corrected chi connectivity index (χ4v) is 3.27. The third-order valence-corrected chi connectivity index (χ3v) is 4.69. The number of benzene rings is 1. The minimum atomic E-state index is -3.82. The first kappa shape index (κ1) is 15.6. The number of primary sulfonamides is 1. The number of hydrogen-bond acceptors (Lipinski definition) is 5. The smallest absolute Gasteiger partial charge is 0.240 e. The molecule has 0 aliphatic carbocycles. The van der Waals surface area contributed by atoms with Crippen LogP contribution in [0.3, 0.4) is 0 Å². The fraction of sp³-hybridized carbons (Fsp3) is 0.462. The van der Waals surface area contributed by atoms with Crippen LogP contribution in [-0.4, -0.2) is 34.5 Å². The average molecular weight is 312 g/mol. The SMILES string of the molecule is CNC(=O)C1CCCN(c2ccc(S(N)(=O)=O)c(N)c2)C1. The minimum absolute atomic E-state index is 0.0221. The summed E-state index contributed by atoms with van der Waals surface area (Å²) < 4.78 is 22.7. The molecular formula is C13H20N4O3S. The van der Waals surface area contributed by atoms with Gasteiger partial charge in [0, 0.05) is 25.8 Å². The van der Waals surface area contributed by atoms with Gasteiger partial charge in [-0.15, -0.1) is 0 Å². The number of amides is 1. The number of anilines is 2. The number of nitrogens with one attached hydrogen (secondary N) is 1. The average Bonchev–Trinajstić information content (AvgIpc) is 2.45. The molecule has 1 aliphatic rings. The van der Waals surface area contributed by atoms with Gasteiger partial charge in [0.05, 0.1) is 11.6 Å². The molecule has 2 rings (SSSR count). The van der Waals surface area contributed by atoms with Crippen LogP contribution < -0.4 is 21.1 Å². The maximum Gasteiger partial charge on any atom is 0.240 e. The normalized spacial score (nSPS) is 19.3. The lowest BCUT2D eigenvalue weighted by atomic mass is 9.96. The van der Waals surface area contributed by atoms with Crippen molar-refractivity contribution in [2.45, 2.75) is 17.7 Å². The zero-order valence-corrected chi connectivity index (χ0v) is 12.7. The van der Waals surface area contributed by atoms with Crippen molar-refractivity contribution in [3.63, 3.8) is 0 Å². The molecule has 1 saturated heterocycles. The zero-order chi connectivity index (χ0) is 15.6. The summed E-state index contributed by atoms with van der Waals surface area (Å²) in [5.41, 5.74) is 6.69. The molecule has 8 heteroatoms. The van der Waals surface area contributed by atoms with E-state index in [-0.39, 0.29) is 22.4 Å². The summed E-state index contributed by atoms with van der Waals surface area (Å²) in [6.45, 7) is 1.40. The number of carbonyl (C=O) groups is 1. The number of nitrogens with two attached hydrogens (primary N) is 2. The second-order valence-electron chi connectivity index (χ2n) is 5.17. The van der Waals surface area contributed by atoms with Gasteiger partial charge in [0.15, 0.2) is 0 Å². The number of nitrogens with zero attached hydrogens (tertiary/aromatic N) is 1. The summed E-state index contributed by atoms with van der Waals surface area (Å²) in [7, 11) is -2.19. The quantitative estimate of drug-likeness (QED) is 0.672. The monoisotopic (exact) mass is 312 g/mol. The number of nitrogen functional groups attached to an aromatic ring is 1. The molecule has 0 aromatic heterocycles. The van der Waals surface area contributed by atoms with Gasteiger partial charge in [-0.2, -0.15) is 0 Å². The minimum Gasteiger partial charge on any atom is -0.398 e. The van der Waals surface area contributed by atoms with E-state index < -0.39 is 10.0 Å². The highest BCUT2D eigenvalue weighted by Crippen LogP contribution is 2.28. The van der Waals surface area contributed by atoms with Crippen molar-refractivity contribution >= 4 is 27.3 Å². The van der Waals surface area contributed by atoms with Crippen molar-refractivity contribution in [3.8, 4) is 0 Å². The van der Waals surface area contributed by atoms with Crippen LogP contribution in [0.15, 0.2) is 23.1 Å². The first-order chi connectivity index (χ1) is 9.82. The highest BCUT2D eigenvalue weighted by molar-refractivity contribution is 7.89. The van der Waals surface area contributed by atoms with Crippen LogP contribution >= 0.6 is 0 Å². The zero-order valence-electron chi connectivity index (χ0n) is 11.9. The molecular weight excluding hydrogens is 292 g/mol. The van der Waals surface area contributed by atoms with E-state index >= 15 is 0 Å². The molecule has 0 saturated carbocycles. The lowest BCUT2D eigenvalue weighted by Gasteiger charge is -2.33. The molecule has 0 radical (unpaired) electrons. The van der Waals surface area contributed by atoms with E-state index in [0.29, 0.717) is 6.54 Å². The summed E-state index contributed by atoms with van der Waals surface area (Å²) in [5, 5.41) is 7.75. The summed E-state index contributed by atoms with van der Waals surface area (Å²) in [5.74, 6) is -0.0447. The Morgan fingerprint density at radius 2 is 2.14 bits per heavy atom. The lowest BCUT2D eigenvalue weighted by molar-refractivity contribution is -0.124. The topological polar surface area (TPSA) is 119 Å². The first-order valence-electron chi connectivity index (χ1n) is 6.72. The number of hydrogen-bond donors (Lipinski definition) is 3. The molecule has 21 heavy (non-hydrogen) atoms. The van der Waals surface area contributed by atoms with Gasteiger partial charge in [0.2, 0.25) is 15.9 Å². The Morgan fingerprint density at radius 3 is 2.71 bits per heavy atom. The highest BCUT2D eigenvalue weighted by atomic mass is 32.2. The van der Waals surface area contributed by atoms with Gasteiger partial charge >= 0.3 is 0 Å². The van der Waals surface area contributed by atoms with Crippen LogP contribution in [0.25, 0.3) is 0 Å². The van der Waals surface area contributed by atoms with Gasteiger partial charge in [0.1, 0.15) is 4.90 Å². The maximum atomic E-state index is 11.7. The molecule has 0 bridgehead atoms. The molecule has 116 valence electrons. The van der Waals surface area contributed by atoms with E-state index in [1.54, 1.807) is 19.2 Å². The Bertz CT molecular complexity index is 645.